The van der Waals surface area contributed by atoms with Crippen molar-refractivity contribution in [3.63, 3.8) is 0 Å². The number of benzene rings is 1. The van der Waals surface area contributed by atoms with E-state index >= 15 is 0 Å². The summed E-state index contributed by atoms with van der Waals surface area (Å²) >= 11 is 0. The molecule has 1 spiro atoms. The Morgan fingerprint density at radius 2 is 1.32 bits per heavy atom. The molecule has 4 aliphatic heterocycles. The molecule has 0 bridgehead atoms. The third-order valence-corrected chi connectivity index (χ3v) is 13.2. The maximum Gasteiger partial charge on any atom is 0.243 e. The predicted molar refractivity (Wildman–Crippen MR) is 162 cm³/mol. The number of sulfonamides is 1. The van der Waals surface area contributed by atoms with Crippen LogP contribution in [-0.2, 0) is 14.8 Å². The molecule has 1 saturated carbocycles. The number of amides is 1. The Labute approximate surface area is 248 Å². The van der Waals surface area contributed by atoms with Crippen LogP contribution in [0.3, 0.4) is 0 Å². The number of rotatable bonds is 4. The first-order valence-corrected chi connectivity index (χ1v) is 18.3. The SMILES string of the molecule is O=C(C1C2CC(C3CCN(S(=O)(=O)c4ccccc4)CC3)CCN2NC12CCCCCCCC2)N1CCCCCC1. The Balaban J connectivity index is 1.18. The van der Waals surface area contributed by atoms with Crippen LogP contribution < -0.4 is 5.43 Å². The number of carbonyl (C=O) groups excluding carboxylic acids is 1. The van der Waals surface area contributed by atoms with Gasteiger partial charge in [-0.05, 0) is 75.3 Å². The lowest BCUT2D eigenvalue weighted by Crippen LogP contribution is -2.53. The number of piperidine rings is 2. The van der Waals surface area contributed by atoms with Gasteiger partial charge >= 0.3 is 0 Å². The Morgan fingerprint density at radius 1 is 0.732 bits per heavy atom. The predicted octanol–water partition coefficient (Wildman–Crippen LogP) is 5.58. The van der Waals surface area contributed by atoms with Crippen molar-refractivity contribution in [1.29, 1.82) is 0 Å². The molecule has 4 heterocycles. The highest BCUT2D eigenvalue weighted by atomic mass is 32.2. The van der Waals surface area contributed by atoms with Crippen LogP contribution >= 0.6 is 0 Å². The van der Waals surface area contributed by atoms with Crippen LogP contribution in [0, 0.1) is 17.8 Å². The van der Waals surface area contributed by atoms with Crippen molar-refractivity contribution in [3.05, 3.63) is 30.3 Å². The van der Waals surface area contributed by atoms with E-state index in [1.165, 1.54) is 51.4 Å². The second-order valence-corrected chi connectivity index (χ2v) is 15.6. The van der Waals surface area contributed by atoms with Crippen LogP contribution in [0.4, 0.5) is 0 Å². The van der Waals surface area contributed by atoms with Crippen LogP contribution in [0.5, 0.6) is 0 Å². The van der Waals surface area contributed by atoms with Crippen LogP contribution in [0.1, 0.15) is 103 Å². The number of hydrogen-bond acceptors (Lipinski definition) is 5. The molecule has 1 aliphatic carbocycles. The summed E-state index contributed by atoms with van der Waals surface area (Å²) in [5, 5.41) is 2.50. The summed E-state index contributed by atoms with van der Waals surface area (Å²) in [6.45, 7) is 4.06. The molecule has 7 nitrogen and oxygen atoms in total. The van der Waals surface area contributed by atoms with Crippen LogP contribution in [0.15, 0.2) is 35.2 Å². The largest absolute Gasteiger partial charge is 0.342 e. The molecule has 0 radical (unpaired) electrons. The van der Waals surface area contributed by atoms with Crippen LogP contribution in [0.2, 0.25) is 0 Å². The van der Waals surface area contributed by atoms with Gasteiger partial charge in [0.25, 0.3) is 0 Å². The van der Waals surface area contributed by atoms with Gasteiger partial charge in [0.15, 0.2) is 0 Å². The number of hydrazine groups is 1. The third-order valence-electron chi connectivity index (χ3n) is 11.3. The molecule has 3 unspecified atom stereocenters. The first-order valence-electron chi connectivity index (χ1n) is 16.9. The zero-order valence-corrected chi connectivity index (χ0v) is 25.8. The molecular weight excluding hydrogens is 532 g/mol. The van der Waals surface area contributed by atoms with Crippen molar-refractivity contribution in [2.45, 2.75) is 119 Å². The van der Waals surface area contributed by atoms with E-state index in [1.54, 1.807) is 28.6 Å². The monoisotopic (exact) mass is 584 g/mol. The summed E-state index contributed by atoms with van der Waals surface area (Å²) in [4.78, 5) is 17.2. The van der Waals surface area contributed by atoms with Crippen molar-refractivity contribution < 1.29 is 13.2 Å². The fourth-order valence-electron chi connectivity index (χ4n) is 8.99. The Hall–Kier alpha value is -1.48. The molecule has 1 aromatic rings. The highest BCUT2D eigenvalue weighted by molar-refractivity contribution is 7.89. The van der Waals surface area contributed by atoms with Gasteiger partial charge in [0.05, 0.1) is 10.8 Å². The summed E-state index contributed by atoms with van der Waals surface area (Å²) in [5.41, 5.74) is 3.96. The minimum atomic E-state index is -3.43. The number of carbonyl (C=O) groups is 1. The molecule has 3 atom stereocenters. The van der Waals surface area contributed by atoms with E-state index < -0.39 is 10.0 Å². The minimum absolute atomic E-state index is 0.0417. The molecule has 1 N–H and O–H groups in total. The van der Waals surface area contributed by atoms with E-state index in [4.69, 9.17) is 0 Å². The Morgan fingerprint density at radius 3 is 1.98 bits per heavy atom. The molecule has 1 amide bonds. The van der Waals surface area contributed by atoms with Crippen molar-refractivity contribution >= 4 is 15.9 Å². The summed E-state index contributed by atoms with van der Waals surface area (Å²) in [6.07, 6.45) is 18.7. The molecule has 8 heteroatoms. The van der Waals surface area contributed by atoms with Gasteiger partial charge in [-0.1, -0.05) is 69.6 Å². The Kier molecular flexibility index (Phi) is 9.40. The van der Waals surface area contributed by atoms with Gasteiger partial charge in [-0.25, -0.2) is 18.9 Å². The van der Waals surface area contributed by atoms with E-state index in [9.17, 15) is 13.2 Å². The van der Waals surface area contributed by atoms with Gasteiger partial charge in [0.2, 0.25) is 15.9 Å². The quantitative estimate of drug-likeness (QED) is 0.501. The molecule has 41 heavy (non-hydrogen) atoms. The number of likely N-dealkylation sites (tertiary alicyclic amines) is 1. The van der Waals surface area contributed by atoms with Crippen molar-refractivity contribution in [2.75, 3.05) is 32.7 Å². The fraction of sp³-hybridized carbons (Fsp3) is 0.788. The van der Waals surface area contributed by atoms with E-state index in [1.807, 2.05) is 6.07 Å². The maximum absolute atomic E-state index is 14.5. The van der Waals surface area contributed by atoms with E-state index in [2.05, 4.69) is 15.3 Å². The third kappa shape index (κ3) is 6.27. The maximum atomic E-state index is 14.5. The van der Waals surface area contributed by atoms with Gasteiger partial charge in [0, 0.05) is 44.3 Å². The summed E-state index contributed by atoms with van der Waals surface area (Å²) < 4.78 is 28.2. The number of nitrogens with one attached hydrogen (secondary N) is 1. The lowest BCUT2D eigenvalue weighted by atomic mass is 9.69. The van der Waals surface area contributed by atoms with E-state index in [0.717, 1.165) is 71.0 Å². The average molecular weight is 585 g/mol. The number of nitrogens with zero attached hydrogens (tertiary/aromatic N) is 3. The minimum Gasteiger partial charge on any atom is -0.342 e. The second kappa shape index (κ2) is 13.0. The molecule has 5 fully saturated rings. The topological polar surface area (TPSA) is 73.0 Å². The molecule has 5 aliphatic rings. The van der Waals surface area contributed by atoms with Gasteiger partial charge in [-0.2, -0.15) is 4.31 Å². The van der Waals surface area contributed by atoms with Gasteiger partial charge in [-0.3, -0.25) is 4.79 Å². The normalized spacial score (nSPS) is 31.1. The van der Waals surface area contributed by atoms with Crippen molar-refractivity contribution in [3.8, 4) is 0 Å². The van der Waals surface area contributed by atoms with Crippen molar-refractivity contribution in [2.24, 2.45) is 17.8 Å². The van der Waals surface area contributed by atoms with E-state index in [0.29, 0.717) is 35.7 Å². The standard InChI is InChI=1S/C33H52N4O3S/c38-32(35-21-12-5-6-13-22-35)31-30-26-28(18-25-37(30)34-33(31)19-10-3-1-2-4-11-20-33)27-16-23-36(24-17-27)41(39,40)29-14-8-7-9-15-29/h7-9,14-15,27-28,30-31,34H,1-6,10-13,16-26H2. The lowest BCUT2D eigenvalue weighted by molar-refractivity contribution is -0.139. The average Bonchev–Trinajstić information content (AvgIpc) is 3.14. The fourth-order valence-corrected chi connectivity index (χ4v) is 10.5. The highest BCUT2D eigenvalue weighted by Gasteiger charge is 2.57. The molecule has 228 valence electrons. The smallest absolute Gasteiger partial charge is 0.243 e. The first kappa shape index (κ1) is 29.6. The molecule has 1 aromatic carbocycles. The summed E-state index contributed by atoms with van der Waals surface area (Å²) in [5.74, 6) is 1.56. The van der Waals surface area contributed by atoms with E-state index in [-0.39, 0.29) is 17.5 Å². The zero-order valence-electron chi connectivity index (χ0n) is 25.0. The second-order valence-electron chi connectivity index (χ2n) is 13.7. The first-order chi connectivity index (χ1) is 20.0. The molecule has 6 rings (SSSR count). The van der Waals surface area contributed by atoms with Gasteiger partial charge in [0.1, 0.15) is 0 Å². The van der Waals surface area contributed by atoms with Gasteiger partial charge in [-0.15, -0.1) is 0 Å². The highest BCUT2D eigenvalue weighted by Crippen LogP contribution is 2.47. The van der Waals surface area contributed by atoms with Crippen LogP contribution in [0.25, 0.3) is 0 Å². The Bertz CT molecular complexity index is 1100. The zero-order chi connectivity index (χ0) is 28.3. The number of fused-ring (bicyclic) bond motifs is 1. The molecule has 0 aromatic heterocycles. The van der Waals surface area contributed by atoms with Gasteiger partial charge < -0.3 is 4.90 Å². The van der Waals surface area contributed by atoms with Crippen molar-refractivity contribution in [1.82, 2.24) is 19.6 Å². The molecular formula is C33H52N4O3S. The summed E-state index contributed by atoms with van der Waals surface area (Å²) in [6, 6.07) is 9.14. The lowest BCUT2D eigenvalue weighted by Gasteiger charge is -2.42. The molecule has 4 saturated heterocycles. The number of hydrogen-bond donors (Lipinski definition) is 1. The van der Waals surface area contributed by atoms with Crippen LogP contribution in [-0.4, -0.2) is 72.8 Å². The summed E-state index contributed by atoms with van der Waals surface area (Å²) in [7, 11) is -3.43.